The van der Waals surface area contributed by atoms with Gasteiger partial charge in [0.05, 0.1) is 29.4 Å². The van der Waals surface area contributed by atoms with Crippen molar-refractivity contribution in [1.29, 1.82) is 0 Å². The number of non-ortho nitro benzene ring substituents is 1. The largest absolute Gasteiger partial charge is 0.378 e. The van der Waals surface area contributed by atoms with E-state index >= 15 is 0 Å². The fourth-order valence-corrected chi connectivity index (χ4v) is 4.66. The molecule has 30 heavy (non-hydrogen) atoms. The first-order valence-electron chi connectivity index (χ1n) is 10.5. The molecule has 0 spiro atoms. The number of nitro groups is 1. The van der Waals surface area contributed by atoms with Gasteiger partial charge in [0.25, 0.3) is 11.6 Å². The third-order valence-corrected chi connectivity index (χ3v) is 6.32. The van der Waals surface area contributed by atoms with Crippen molar-refractivity contribution in [2.45, 2.75) is 31.1 Å². The van der Waals surface area contributed by atoms with Gasteiger partial charge in [-0.05, 0) is 24.5 Å². The van der Waals surface area contributed by atoms with Gasteiger partial charge in [0.15, 0.2) is 0 Å². The number of rotatable bonds is 6. The number of amides is 1. The molecule has 4 rings (SSSR count). The third kappa shape index (κ3) is 4.16. The van der Waals surface area contributed by atoms with Crippen LogP contribution in [-0.4, -0.2) is 43.7 Å². The van der Waals surface area contributed by atoms with E-state index in [9.17, 15) is 14.9 Å². The fourth-order valence-electron chi connectivity index (χ4n) is 4.66. The lowest BCUT2D eigenvalue weighted by atomic mass is 9.79. The molecule has 1 amide bonds. The van der Waals surface area contributed by atoms with Gasteiger partial charge < -0.3 is 15.0 Å². The highest BCUT2D eigenvalue weighted by Crippen LogP contribution is 2.40. The van der Waals surface area contributed by atoms with Crippen LogP contribution in [0.25, 0.3) is 0 Å². The van der Waals surface area contributed by atoms with E-state index in [1.54, 1.807) is 6.07 Å². The second-order valence-electron chi connectivity index (χ2n) is 8.09. The van der Waals surface area contributed by atoms with Crippen LogP contribution in [0.5, 0.6) is 0 Å². The number of ether oxygens (including phenoxy) is 1. The number of benzene rings is 2. The summed E-state index contributed by atoms with van der Waals surface area (Å²) in [6.45, 7) is 3.00. The lowest BCUT2D eigenvalue weighted by Gasteiger charge is -2.32. The maximum Gasteiger partial charge on any atom is 0.270 e. The number of hydrogen-bond acceptors (Lipinski definition) is 5. The van der Waals surface area contributed by atoms with Gasteiger partial charge in [-0.25, -0.2) is 0 Å². The first-order chi connectivity index (χ1) is 14.6. The normalized spacial score (nSPS) is 18.2. The summed E-state index contributed by atoms with van der Waals surface area (Å²) < 4.78 is 5.41. The zero-order chi connectivity index (χ0) is 21.0. The molecule has 7 nitrogen and oxygen atoms in total. The zero-order valence-corrected chi connectivity index (χ0v) is 17.0. The van der Waals surface area contributed by atoms with E-state index < -0.39 is 4.92 Å². The molecule has 2 aromatic carbocycles. The van der Waals surface area contributed by atoms with Gasteiger partial charge in [-0.15, -0.1) is 0 Å². The second kappa shape index (κ2) is 8.83. The molecule has 0 aromatic heterocycles. The van der Waals surface area contributed by atoms with Crippen LogP contribution in [0.4, 0.5) is 11.4 Å². The number of hydrogen-bond donors (Lipinski definition) is 1. The minimum Gasteiger partial charge on any atom is -0.378 e. The number of anilines is 1. The van der Waals surface area contributed by atoms with Crippen LogP contribution in [-0.2, 0) is 10.2 Å². The Labute approximate surface area is 176 Å². The first kappa shape index (κ1) is 20.3. The number of nitrogens with zero attached hydrogens (tertiary/aromatic N) is 2. The summed E-state index contributed by atoms with van der Waals surface area (Å²) >= 11 is 0. The number of nitro benzene ring substituents is 1. The Bertz CT molecular complexity index is 904. The second-order valence-corrected chi connectivity index (χ2v) is 8.09. The molecule has 2 fully saturated rings. The number of nitrogens with one attached hydrogen (secondary N) is 1. The smallest absolute Gasteiger partial charge is 0.270 e. The van der Waals surface area contributed by atoms with Gasteiger partial charge in [-0.3, -0.25) is 14.9 Å². The molecule has 1 saturated heterocycles. The van der Waals surface area contributed by atoms with E-state index in [0.29, 0.717) is 38.4 Å². The topological polar surface area (TPSA) is 84.7 Å². The third-order valence-electron chi connectivity index (χ3n) is 6.32. The molecular weight excluding hydrogens is 382 g/mol. The highest BCUT2D eigenvalue weighted by molar-refractivity contribution is 6.00. The molecule has 0 atom stereocenters. The molecule has 0 bridgehead atoms. The summed E-state index contributed by atoms with van der Waals surface area (Å²) in [6, 6.07) is 14.9. The molecule has 1 aliphatic heterocycles. The maximum atomic E-state index is 13.2. The number of carbonyl (C=O) groups excluding carboxylic acids is 1. The molecule has 7 heteroatoms. The molecular formula is C23H27N3O4. The van der Waals surface area contributed by atoms with E-state index in [-0.39, 0.29) is 17.0 Å². The van der Waals surface area contributed by atoms with Crippen LogP contribution in [0, 0.1) is 10.1 Å². The molecule has 1 heterocycles. The molecule has 0 radical (unpaired) electrons. The van der Waals surface area contributed by atoms with Gasteiger partial charge in [0.1, 0.15) is 0 Å². The SMILES string of the molecule is O=C(NCC1(c2ccccc2)CCCC1)c1cc([N+](=O)[O-])ccc1N1CCOCC1. The molecule has 0 unspecified atom stereocenters. The van der Waals surface area contributed by atoms with Crippen molar-refractivity contribution in [3.8, 4) is 0 Å². The van der Waals surface area contributed by atoms with Crippen molar-refractivity contribution >= 4 is 17.3 Å². The molecule has 1 aliphatic carbocycles. The van der Waals surface area contributed by atoms with Crippen LogP contribution in [0.3, 0.4) is 0 Å². The molecule has 1 N–H and O–H groups in total. The van der Waals surface area contributed by atoms with E-state index in [4.69, 9.17) is 4.74 Å². The average molecular weight is 409 g/mol. The van der Waals surface area contributed by atoms with Crippen LogP contribution < -0.4 is 10.2 Å². The zero-order valence-electron chi connectivity index (χ0n) is 17.0. The van der Waals surface area contributed by atoms with Crippen LogP contribution in [0.1, 0.15) is 41.6 Å². The number of carbonyl (C=O) groups is 1. The van der Waals surface area contributed by atoms with Gasteiger partial charge in [-0.2, -0.15) is 0 Å². The van der Waals surface area contributed by atoms with Crippen molar-refractivity contribution in [2.24, 2.45) is 0 Å². The van der Waals surface area contributed by atoms with Crippen molar-refractivity contribution in [3.05, 3.63) is 69.8 Å². The highest BCUT2D eigenvalue weighted by Gasteiger charge is 2.36. The van der Waals surface area contributed by atoms with Crippen LogP contribution >= 0.6 is 0 Å². The fraction of sp³-hybridized carbons (Fsp3) is 0.435. The van der Waals surface area contributed by atoms with Crippen molar-refractivity contribution in [2.75, 3.05) is 37.7 Å². The first-order valence-corrected chi connectivity index (χ1v) is 10.5. The Morgan fingerprint density at radius 2 is 1.80 bits per heavy atom. The Balaban J connectivity index is 1.58. The predicted molar refractivity (Wildman–Crippen MR) is 115 cm³/mol. The van der Waals surface area contributed by atoms with Crippen LogP contribution in [0.15, 0.2) is 48.5 Å². The minimum atomic E-state index is -0.456. The Morgan fingerprint density at radius 3 is 2.47 bits per heavy atom. The predicted octanol–water partition coefficient (Wildman–Crippen LogP) is 3.67. The van der Waals surface area contributed by atoms with E-state index in [0.717, 1.165) is 31.4 Å². The molecule has 1 saturated carbocycles. The lowest BCUT2D eigenvalue weighted by Crippen LogP contribution is -2.41. The van der Waals surface area contributed by atoms with Gasteiger partial charge in [0.2, 0.25) is 0 Å². The summed E-state index contributed by atoms with van der Waals surface area (Å²) in [7, 11) is 0. The van der Waals surface area contributed by atoms with Crippen molar-refractivity contribution in [3.63, 3.8) is 0 Å². The summed E-state index contributed by atoms with van der Waals surface area (Å²) in [5, 5.41) is 14.4. The Hall–Kier alpha value is -2.93. The number of morpholine rings is 1. The molecule has 158 valence electrons. The standard InChI is InChI=1S/C23H27N3O4/c27-22(24-17-23(10-4-5-11-23)18-6-2-1-3-7-18)20-16-19(26(28)29)8-9-21(20)25-12-14-30-15-13-25/h1-3,6-9,16H,4-5,10-15,17H2,(H,24,27). The van der Waals surface area contributed by atoms with Gasteiger partial charge in [0, 0.05) is 37.2 Å². The molecule has 2 aliphatic rings. The molecule has 2 aromatic rings. The quantitative estimate of drug-likeness (QED) is 0.581. The lowest BCUT2D eigenvalue weighted by molar-refractivity contribution is -0.384. The van der Waals surface area contributed by atoms with E-state index in [2.05, 4.69) is 22.3 Å². The van der Waals surface area contributed by atoms with Crippen molar-refractivity contribution in [1.82, 2.24) is 5.32 Å². The average Bonchev–Trinajstić information content (AvgIpc) is 3.28. The van der Waals surface area contributed by atoms with Gasteiger partial charge in [-0.1, -0.05) is 43.2 Å². The van der Waals surface area contributed by atoms with Gasteiger partial charge >= 0.3 is 0 Å². The highest BCUT2D eigenvalue weighted by atomic mass is 16.6. The Kier molecular flexibility index (Phi) is 5.99. The monoisotopic (exact) mass is 409 g/mol. The summed E-state index contributed by atoms with van der Waals surface area (Å²) in [5.74, 6) is -0.262. The van der Waals surface area contributed by atoms with E-state index in [1.807, 2.05) is 18.2 Å². The van der Waals surface area contributed by atoms with Crippen LogP contribution in [0.2, 0.25) is 0 Å². The maximum absolute atomic E-state index is 13.2. The minimum absolute atomic E-state index is 0.0727. The summed E-state index contributed by atoms with van der Waals surface area (Å²) in [4.78, 5) is 26.1. The Morgan fingerprint density at radius 1 is 1.10 bits per heavy atom. The van der Waals surface area contributed by atoms with E-state index in [1.165, 1.54) is 17.7 Å². The van der Waals surface area contributed by atoms with Crippen molar-refractivity contribution < 1.29 is 14.5 Å². The summed E-state index contributed by atoms with van der Waals surface area (Å²) in [6.07, 6.45) is 4.34. The summed E-state index contributed by atoms with van der Waals surface area (Å²) in [5.41, 5.74) is 2.18.